The van der Waals surface area contributed by atoms with E-state index in [0.717, 1.165) is 0 Å². The molecule has 39 heavy (non-hydrogen) atoms. The summed E-state index contributed by atoms with van der Waals surface area (Å²) in [6.07, 6.45) is 4.00. The van der Waals surface area contributed by atoms with Crippen LogP contribution in [0.3, 0.4) is 0 Å². The van der Waals surface area contributed by atoms with Gasteiger partial charge < -0.3 is 0 Å². The van der Waals surface area contributed by atoms with Crippen LogP contribution in [0.25, 0.3) is 65.7 Å². The summed E-state index contributed by atoms with van der Waals surface area (Å²) in [5.41, 5.74) is 10.5. The van der Waals surface area contributed by atoms with Crippen molar-refractivity contribution in [1.82, 2.24) is 4.98 Å². The normalized spacial score (nSPS) is 13.6. The molecular weight excluding hydrogens is 470 g/mol. The van der Waals surface area contributed by atoms with Crippen molar-refractivity contribution in [2.75, 3.05) is 0 Å². The van der Waals surface area contributed by atoms with Crippen molar-refractivity contribution >= 4 is 32.3 Å². The summed E-state index contributed by atoms with van der Waals surface area (Å²) < 4.78 is 0. The average molecular weight is 498 g/mol. The molecule has 0 N–H and O–H groups in total. The van der Waals surface area contributed by atoms with E-state index in [0.29, 0.717) is 0 Å². The molecule has 0 saturated carbocycles. The summed E-state index contributed by atoms with van der Waals surface area (Å²) in [4.78, 5) is 4.67. The van der Waals surface area contributed by atoms with Crippen molar-refractivity contribution in [2.24, 2.45) is 0 Å². The molecule has 0 saturated heterocycles. The van der Waals surface area contributed by atoms with Crippen molar-refractivity contribution in [3.05, 3.63) is 139 Å². The first-order valence-electron chi connectivity index (χ1n) is 13.6. The van der Waals surface area contributed by atoms with Crippen LogP contribution in [0.2, 0.25) is 0 Å². The van der Waals surface area contributed by atoms with Gasteiger partial charge in [-0.2, -0.15) is 0 Å². The summed E-state index contributed by atoms with van der Waals surface area (Å²) in [7, 11) is 0. The van der Waals surface area contributed by atoms with Crippen LogP contribution in [0.4, 0.5) is 0 Å². The van der Waals surface area contributed by atoms with Crippen molar-refractivity contribution < 1.29 is 0 Å². The Kier molecular flexibility index (Phi) is 4.63. The SMILES string of the molecule is CC1(C)c2ccccc2-c2c(-c3c4ccccc4c(-c4cccc5ccccc45)c4ccncc34)cccc21. The fourth-order valence-electron chi connectivity index (χ4n) is 7.01. The smallest absolute Gasteiger partial charge is 0.0353 e. The van der Waals surface area contributed by atoms with Crippen LogP contribution in [-0.4, -0.2) is 4.98 Å². The van der Waals surface area contributed by atoms with Gasteiger partial charge in [-0.25, -0.2) is 0 Å². The molecule has 0 bridgehead atoms. The van der Waals surface area contributed by atoms with Crippen molar-refractivity contribution in [3.63, 3.8) is 0 Å². The van der Waals surface area contributed by atoms with Crippen LogP contribution in [-0.2, 0) is 5.41 Å². The quantitative estimate of drug-likeness (QED) is 0.217. The van der Waals surface area contributed by atoms with E-state index in [4.69, 9.17) is 0 Å². The predicted octanol–water partition coefficient (Wildman–Crippen LogP) is 10.2. The molecule has 0 radical (unpaired) electrons. The highest BCUT2D eigenvalue weighted by molar-refractivity contribution is 6.24. The van der Waals surface area contributed by atoms with Gasteiger partial charge in [-0.3, -0.25) is 4.98 Å². The maximum absolute atomic E-state index is 4.67. The Morgan fingerprint density at radius 3 is 1.85 bits per heavy atom. The van der Waals surface area contributed by atoms with Crippen LogP contribution in [0.1, 0.15) is 25.0 Å². The Morgan fingerprint density at radius 2 is 1.00 bits per heavy atom. The van der Waals surface area contributed by atoms with E-state index < -0.39 is 0 Å². The molecule has 1 heterocycles. The highest BCUT2D eigenvalue weighted by atomic mass is 14.6. The molecule has 8 rings (SSSR count). The van der Waals surface area contributed by atoms with Gasteiger partial charge in [0.2, 0.25) is 0 Å². The third-order valence-corrected chi connectivity index (χ3v) is 8.76. The number of benzene rings is 6. The zero-order chi connectivity index (χ0) is 26.1. The van der Waals surface area contributed by atoms with Gasteiger partial charge in [0.15, 0.2) is 0 Å². The molecule has 0 amide bonds. The molecule has 7 aromatic rings. The summed E-state index contributed by atoms with van der Waals surface area (Å²) in [5.74, 6) is 0. The lowest BCUT2D eigenvalue weighted by Gasteiger charge is -2.22. The topological polar surface area (TPSA) is 12.9 Å². The van der Waals surface area contributed by atoms with E-state index in [2.05, 4.69) is 140 Å². The Labute approximate surface area is 228 Å². The van der Waals surface area contributed by atoms with Crippen molar-refractivity contribution in [2.45, 2.75) is 19.3 Å². The standard InChI is InChI=1S/C38H27N/c1-38(2)33-19-8-7-16-30(33)37-31(18-10-20-34(37)38)36-28-15-6-5-14-27(28)35(29-21-22-39-23-32(29)36)26-17-9-12-24-11-3-4-13-25(24)26/h3-23H,1-2H3. The minimum atomic E-state index is -0.0469. The van der Waals surface area contributed by atoms with Gasteiger partial charge in [-0.1, -0.05) is 123 Å². The van der Waals surface area contributed by atoms with E-state index >= 15 is 0 Å². The second-order valence-electron chi connectivity index (χ2n) is 11.1. The van der Waals surface area contributed by atoms with Crippen LogP contribution in [0.15, 0.2) is 128 Å². The molecule has 0 fully saturated rings. The molecule has 184 valence electrons. The number of hydrogen-bond acceptors (Lipinski definition) is 1. The van der Waals surface area contributed by atoms with Gasteiger partial charge in [0.1, 0.15) is 0 Å². The Balaban J connectivity index is 1.55. The number of hydrogen-bond donors (Lipinski definition) is 0. The number of pyridine rings is 1. The molecule has 0 atom stereocenters. The van der Waals surface area contributed by atoms with Crippen molar-refractivity contribution in [3.8, 4) is 33.4 Å². The lowest BCUT2D eigenvalue weighted by atomic mass is 9.80. The van der Waals surface area contributed by atoms with Crippen molar-refractivity contribution in [1.29, 1.82) is 0 Å². The van der Waals surface area contributed by atoms with Crippen LogP contribution >= 0.6 is 0 Å². The molecule has 0 unspecified atom stereocenters. The van der Waals surface area contributed by atoms with E-state index in [1.807, 2.05) is 6.20 Å². The largest absolute Gasteiger partial charge is 0.264 e. The van der Waals surface area contributed by atoms with E-state index in [1.54, 1.807) is 0 Å². The Morgan fingerprint density at radius 1 is 0.436 bits per heavy atom. The first-order valence-corrected chi connectivity index (χ1v) is 13.6. The zero-order valence-corrected chi connectivity index (χ0v) is 22.1. The minimum absolute atomic E-state index is 0.0469. The molecule has 1 aromatic heterocycles. The third-order valence-electron chi connectivity index (χ3n) is 8.76. The molecule has 0 spiro atoms. The average Bonchev–Trinajstić information content (AvgIpc) is 3.22. The second-order valence-corrected chi connectivity index (χ2v) is 11.1. The zero-order valence-electron chi connectivity index (χ0n) is 22.1. The number of aromatic nitrogens is 1. The van der Waals surface area contributed by atoms with Crippen LogP contribution in [0, 0.1) is 0 Å². The summed E-state index contributed by atoms with van der Waals surface area (Å²) >= 11 is 0. The first kappa shape index (κ1) is 22.3. The fraction of sp³-hybridized carbons (Fsp3) is 0.0789. The van der Waals surface area contributed by atoms with Gasteiger partial charge in [-0.15, -0.1) is 0 Å². The van der Waals surface area contributed by atoms with Crippen LogP contribution < -0.4 is 0 Å². The molecule has 1 heteroatoms. The van der Waals surface area contributed by atoms with Gasteiger partial charge in [-0.05, 0) is 77.5 Å². The predicted molar refractivity (Wildman–Crippen MR) is 165 cm³/mol. The molecule has 1 nitrogen and oxygen atoms in total. The first-order chi connectivity index (χ1) is 19.1. The molecule has 1 aliphatic rings. The molecular formula is C38H27N. The van der Waals surface area contributed by atoms with Gasteiger partial charge in [0, 0.05) is 23.2 Å². The lowest BCUT2D eigenvalue weighted by molar-refractivity contribution is 0.660. The Hall–Kier alpha value is -4.75. The highest BCUT2D eigenvalue weighted by Crippen LogP contribution is 2.54. The minimum Gasteiger partial charge on any atom is -0.264 e. The second kappa shape index (κ2) is 8.12. The summed E-state index contributed by atoms with van der Waals surface area (Å²) in [6.45, 7) is 4.70. The number of nitrogens with zero attached hydrogens (tertiary/aromatic N) is 1. The van der Waals surface area contributed by atoms with E-state index in [-0.39, 0.29) is 5.41 Å². The van der Waals surface area contributed by atoms with E-state index in [9.17, 15) is 0 Å². The molecule has 6 aromatic carbocycles. The number of rotatable bonds is 2. The monoisotopic (exact) mass is 497 g/mol. The third kappa shape index (κ3) is 3.05. The maximum Gasteiger partial charge on any atom is 0.0353 e. The van der Waals surface area contributed by atoms with Gasteiger partial charge in [0.25, 0.3) is 0 Å². The highest BCUT2D eigenvalue weighted by Gasteiger charge is 2.37. The summed E-state index contributed by atoms with van der Waals surface area (Å²) in [5, 5.41) is 7.48. The van der Waals surface area contributed by atoms with Gasteiger partial charge in [0.05, 0.1) is 0 Å². The maximum atomic E-state index is 4.67. The number of fused-ring (bicyclic) bond motifs is 6. The summed E-state index contributed by atoms with van der Waals surface area (Å²) in [6, 6.07) is 42.2. The Bertz CT molecular complexity index is 2040. The van der Waals surface area contributed by atoms with Crippen LogP contribution in [0.5, 0.6) is 0 Å². The molecule has 0 aliphatic heterocycles. The molecule has 1 aliphatic carbocycles. The van der Waals surface area contributed by atoms with Gasteiger partial charge >= 0.3 is 0 Å². The fourth-order valence-corrected chi connectivity index (χ4v) is 7.01. The lowest BCUT2D eigenvalue weighted by Crippen LogP contribution is -2.14. The van der Waals surface area contributed by atoms with E-state index in [1.165, 1.54) is 76.8 Å².